The Balaban J connectivity index is 0.000000272. The van der Waals surface area contributed by atoms with Gasteiger partial charge in [-0.3, -0.25) is 18.7 Å². The second-order valence-electron chi connectivity index (χ2n) is 5.67. The van der Waals surface area contributed by atoms with Gasteiger partial charge >= 0.3 is 5.97 Å². The van der Waals surface area contributed by atoms with Crippen LogP contribution >= 0.6 is 0 Å². The van der Waals surface area contributed by atoms with Crippen molar-refractivity contribution in [2.75, 3.05) is 0 Å². The van der Waals surface area contributed by atoms with Gasteiger partial charge in [-0.25, -0.2) is 9.78 Å². The number of nitrogens with zero attached hydrogens (tertiary/aromatic N) is 3. The first-order chi connectivity index (χ1) is 14.1. The molecular formula is C22H14F2N3O2Pt-. The molecule has 0 aliphatic carbocycles. The van der Waals surface area contributed by atoms with E-state index in [1.54, 1.807) is 60.9 Å². The van der Waals surface area contributed by atoms with E-state index in [0.717, 1.165) is 6.07 Å². The molecule has 0 aliphatic heterocycles. The molecule has 0 amide bonds. The quantitative estimate of drug-likeness (QED) is 0.354. The van der Waals surface area contributed by atoms with Crippen LogP contribution in [0.4, 0.5) is 8.78 Å². The maximum Gasteiger partial charge on any atom is 0.354 e. The monoisotopic (exact) mass is 585 g/mol. The number of aromatic carboxylic acids is 1. The maximum atomic E-state index is 13.9. The van der Waals surface area contributed by atoms with Crippen LogP contribution in [0.1, 0.15) is 10.5 Å². The van der Waals surface area contributed by atoms with Gasteiger partial charge in [-0.2, -0.15) is 0 Å². The van der Waals surface area contributed by atoms with Crippen molar-refractivity contribution in [1.82, 2.24) is 15.0 Å². The van der Waals surface area contributed by atoms with E-state index in [0.29, 0.717) is 11.4 Å². The van der Waals surface area contributed by atoms with Crippen LogP contribution in [0.15, 0.2) is 79.3 Å². The first-order valence-electron chi connectivity index (χ1n) is 8.44. The number of benzene rings is 1. The van der Waals surface area contributed by atoms with Gasteiger partial charge in [-0.15, -0.1) is 6.07 Å². The molecular weight excluding hydrogens is 571 g/mol. The second-order valence-corrected chi connectivity index (χ2v) is 5.67. The van der Waals surface area contributed by atoms with Crippen molar-refractivity contribution in [2.45, 2.75) is 0 Å². The smallest absolute Gasteiger partial charge is 0.354 e. The molecule has 0 aliphatic rings. The molecule has 1 N–H and O–H groups in total. The van der Waals surface area contributed by atoms with Gasteiger partial charge in [0.15, 0.2) is 0 Å². The summed E-state index contributed by atoms with van der Waals surface area (Å²) >= 11 is 0. The summed E-state index contributed by atoms with van der Waals surface area (Å²) in [6, 6.07) is 18.6. The molecule has 154 valence electrons. The minimum Gasteiger partial charge on any atom is -0.477 e. The van der Waals surface area contributed by atoms with E-state index in [-0.39, 0.29) is 37.9 Å². The molecule has 0 saturated carbocycles. The fourth-order valence-electron chi connectivity index (χ4n) is 2.38. The summed E-state index contributed by atoms with van der Waals surface area (Å²) in [4.78, 5) is 21.8. The van der Waals surface area contributed by atoms with Crippen molar-refractivity contribution in [3.05, 3.63) is 103 Å². The molecule has 3 aromatic heterocycles. The minimum atomic E-state index is -0.990. The number of hydrogen-bond donors (Lipinski definition) is 1. The third-order valence-electron chi connectivity index (χ3n) is 3.71. The fraction of sp³-hybridized carbons (Fsp3) is 0. The Kier molecular flexibility index (Phi) is 8.44. The van der Waals surface area contributed by atoms with Crippen LogP contribution in [0.25, 0.3) is 22.5 Å². The average molecular weight is 585 g/mol. The van der Waals surface area contributed by atoms with Gasteiger partial charge in [-0.05, 0) is 24.3 Å². The number of carboxylic acid groups (broad SMARTS) is 1. The van der Waals surface area contributed by atoms with Crippen LogP contribution in [0.2, 0.25) is 0 Å². The summed E-state index contributed by atoms with van der Waals surface area (Å²) in [7, 11) is 0. The summed E-state index contributed by atoms with van der Waals surface area (Å²) in [6.45, 7) is 0. The molecule has 0 saturated heterocycles. The molecule has 8 heteroatoms. The zero-order valence-electron chi connectivity index (χ0n) is 15.3. The van der Waals surface area contributed by atoms with Gasteiger partial charge < -0.3 is 5.11 Å². The van der Waals surface area contributed by atoms with Crippen molar-refractivity contribution < 1.29 is 39.7 Å². The summed E-state index contributed by atoms with van der Waals surface area (Å²) in [5, 5.41) is 8.32. The number of hydrogen-bond acceptors (Lipinski definition) is 4. The van der Waals surface area contributed by atoms with Gasteiger partial charge in [0, 0.05) is 51.0 Å². The van der Waals surface area contributed by atoms with Gasteiger partial charge in [0.1, 0.15) is 5.69 Å². The Bertz CT molecular complexity index is 1040. The van der Waals surface area contributed by atoms with Crippen molar-refractivity contribution in [2.24, 2.45) is 0 Å². The standard InChI is InChI=1S/C16H9F2N2.C6H5NO2.Pt/c17-13-10-14(18)12(16-6-2-4-8-20-16)9-11(13)15-5-1-3-7-19-15;8-6(9)5-3-1-2-4-7-5;/h1-8,10H;1-4H,(H,8,9);/q-1;;. The Morgan fingerprint density at radius 3 is 1.57 bits per heavy atom. The molecule has 4 aromatic rings. The molecule has 1 aromatic carbocycles. The minimum absolute atomic E-state index is 0. The normalized spacial score (nSPS) is 9.67. The van der Waals surface area contributed by atoms with Crippen LogP contribution < -0.4 is 0 Å². The summed E-state index contributed by atoms with van der Waals surface area (Å²) < 4.78 is 27.8. The summed E-state index contributed by atoms with van der Waals surface area (Å²) in [5.74, 6) is -2.38. The molecule has 0 atom stereocenters. The molecule has 5 nitrogen and oxygen atoms in total. The number of aromatic nitrogens is 3. The van der Waals surface area contributed by atoms with E-state index in [1.807, 2.05) is 0 Å². The Morgan fingerprint density at radius 1 is 0.767 bits per heavy atom. The Hall–Kier alpha value is -3.31. The van der Waals surface area contributed by atoms with Crippen LogP contribution in [-0.4, -0.2) is 26.0 Å². The van der Waals surface area contributed by atoms with Gasteiger partial charge in [0.05, 0.1) is 11.6 Å². The summed E-state index contributed by atoms with van der Waals surface area (Å²) in [6.07, 6.45) is 4.54. The van der Waals surface area contributed by atoms with E-state index in [4.69, 9.17) is 5.11 Å². The SMILES string of the molecule is Fc1cc(F)c(-c2ccccn2)[c-]c1-c1ccccn1.O=C(O)c1ccccn1.[Pt]. The maximum absolute atomic E-state index is 13.9. The Labute approximate surface area is 185 Å². The predicted octanol–water partition coefficient (Wildman–Crippen LogP) is 4.67. The molecule has 30 heavy (non-hydrogen) atoms. The number of carboxylic acids is 1. The molecule has 0 bridgehead atoms. The van der Waals surface area contributed by atoms with Gasteiger partial charge in [-0.1, -0.05) is 47.5 Å². The molecule has 0 fully saturated rings. The zero-order chi connectivity index (χ0) is 20.6. The van der Waals surface area contributed by atoms with E-state index in [1.165, 1.54) is 12.3 Å². The predicted molar refractivity (Wildman–Crippen MR) is 103 cm³/mol. The largest absolute Gasteiger partial charge is 0.477 e. The third-order valence-corrected chi connectivity index (χ3v) is 3.71. The number of pyridine rings is 3. The number of carbonyl (C=O) groups is 1. The average Bonchev–Trinajstić information content (AvgIpc) is 2.76. The molecule has 0 unspecified atom stereocenters. The van der Waals surface area contributed by atoms with Crippen LogP contribution in [0.5, 0.6) is 0 Å². The van der Waals surface area contributed by atoms with E-state index in [9.17, 15) is 13.6 Å². The van der Waals surface area contributed by atoms with E-state index < -0.39 is 17.6 Å². The summed E-state index contributed by atoms with van der Waals surface area (Å²) in [5.41, 5.74) is 1.15. The number of rotatable bonds is 3. The van der Waals surface area contributed by atoms with Crippen molar-refractivity contribution in [1.29, 1.82) is 0 Å². The van der Waals surface area contributed by atoms with Gasteiger partial charge in [0.25, 0.3) is 0 Å². The zero-order valence-corrected chi connectivity index (χ0v) is 17.5. The van der Waals surface area contributed by atoms with E-state index >= 15 is 0 Å². The molecule has 0 radical (unpaired) electrons. The fourth-order valence-corrected chi connectivity index (χ4v) is 2.38. The first kappa shape index (κ1) is 23.0. The van der Waals surface area contributed by atoms with Crippen LogP contribution in [-0.2, 0) is 21.1 Å². The Morgan fingerprint density at radius 2 is 1.23 bits per heavy atom. The van der Waals surface area contributed by atoms with Crippen molar-refractivity contribution in [3.8, 4) is 22.5 Å². The number of halogens is 2. The first-order valence-corrected chi connectivity index (χ1v) is 8.44. The molecule has 3 heterocycles. The van der Waals surface area contributed by atoms with Gasteiger partial charge in [0.2, 0.25) is 0 Å². The van der Waals surface area contributed by atoms with Crippen molar-refractivity contribution >= 4 is 5.97 Å². The third kappa shape index (κ3) is 5.84. The topological polar surface area (TPSA) is 76.0 Å². The van der Waals surface area contributed by atoms with Crippen LogP contribution in [0, 0.1) is 17.7 Å². The van der Waals surface area contributed by atoms with Crippen LogP contribution in [0.3, 0.4) is 0 Å². The molecule has 0 spiro atoms. The molecule has 4 rings (SSSR count). The second kappa shape index (κ2) is 11.0. The van der Waals surface area contributed by atoms with Crippen molar-refractivity contribution in [3.63, 3.8) is 0 Å². The van der Waals surface area contributed by atoms with E-state index in [2.05, 4.69) is 21.0 Å².